The van der Waals surface area contributed by atoms with Crippen LogP contribution in [0.1, 0.15) is 34.7 Å². The van der Waals surface area contributed by atoms with Gasteiger partial charge in [0.2, 0.25) is 6.79 Å². The molecule has 6 nitrogen and oxygen atoms in total. The predicted octanol–water partition coefficient (Wildman–Crippen LogP) is 1.54. The zero-order valence-corrected chi connectivity index (χ0v) is 14.1. The topological polar surface area (TPSA) is 68.2 Å². The number of carbonyl (C=O) groups is 1. The largest absolute Gasteiger partial charge is 0.455 e. The summed E-state index contributed by atoms with van der Waals surface area (Å²) in [5.41, 5.74) is 1.47. The minimum Gasteiger partial charge on any atom is -0.455 e. The fraction of sp³-hybridized carbons (Fsp3) is 0.588. The number of rotatable bonds is 0. The van der Waals surface area contributed by atoms with Crippen molar-refractivity contribution in [2.24, 2.45) is 5.92 Å². The third-order valence-corrected chi connectivity index (χ3v) is 5.86. The van der Waals surface area contributed by atoms with Crippen molar-refractivity contribution < 1.29 is 24.1 Å². The van der Waals surface area contributed by atoms with E-state index < -0.39 is 12.2 Å². The molecule has 1 aromatic rings. The summed E-state index contributed by atoms with van der Waals surface area (Å²) in [5.74, 6) is 1.31. The number of halogens is 1. The fourth-order valence-corrected chi connectivity index (χ4v) is 4.86. The summed E-state index contributed by atoms with van der Waals surface area (Å²) in [6.45, 7) is 1.19. The standard InChI is InChI=1S/C17H19NO5.ClH/c1-18-3-2-8-4-11(19)16-14(15(8)18)9-5-12-13(22-7-21-12)6-10(9)17(20)23-16;/h5-6,8,11,14-16,19H,2-4,7H2,1H3;1H/t8-,11+,14+,15-,16+;/m1./s1. The second-order valence-corrected chi connectivity index (χ2v) is 7.01. The molecule has 1 aromatic carbocycles. The number of aliphatic hydroxyl groups is 1. The van der Waals surface area contributed by atoms with E-state index in [2.05, 4.69) is 11.9 Å². The van der Waals surface area contributed by atoms with E-state index >= 15 is 0 Å². The Morgan fingerprint density at radius 2 is 2.00 bits per heavy atom. The van der Waals surface area contributed by atoms with Gasteiger partial charge in [0, 0.05) is 12.0 Å². The number of carbonyl (C=O) groups excluding carboxylic acids is 1. The number of ether oxygens (including phenoxy) is 3. The molecule has 1 saturated carbocycles. The lowest BCUT2D eigenvalue weighted by atomic mass is 9.69. The van der Waals surface area contributed by atoms with Crippen LogP contribution >= 0.6 is 12.4 Å². The maximum absolute atomic E-state index is 12.4. The van der Waals surface area contributed by atoms with Crippen molar-refractivity contribution in [3.63, 3.8) is 0 Å². The van der Waals surface area contributed by atoms with Crippen LogP contribution < -0.4 is 9.47 Å². The molecule has 0 unspecified atom stereocenters. The maximum atomic E-state index is 12.4. The smallest absolute Gasteiger partial charge is 0.338 e. The summed E-state index contributed by atoms with van der Waals surface area (Å²) in [6.07, 6.45) is 0.700. The van der Waals surface area contributed by atoms with Gasteiger partial charge < -0.3 is 24.2 Å². The first-order valence-corrected chi connectivity index (χ1v) is 8.16. The predicted molar refractivity (Wildman–Crippen MR) is 86.9 cm³/mol. The number of hydrogen-bond acceptors (Lipinski definition) is 6. The quantitative estimate of drug-likeness (QED) is 0.714. The van der Waals surface area contributed by atoms with Gasteiger partial charge in [0.05, 0.1) is 11.7 Å². The minimum atomic E-state index is -0.602. The van der Waals surface area contributed by atoms with E-state index in [0.717, 1.165) is 18.5 Å². The molecule has 1 aliphatic carbocycles. The molecule has 0 aromatic heterocycles. The molecule has 2 fully saturated rings. The number of esters is 1. The van der Waals surface area contributed by atoms with Crippen molar-refractivity contribution in [2.45, 2.75) is 37.0 Å². The van der Waals surface area contributed by atoms with Crippen LogP contribution in [0, 0.1) is 5.92 Å². The molecule has 130 valence electrons. The van der Waals surface area contributed by atoms with Crippen molar-refractivity contribution in [3.8, 4) is 11.5 Å². The van der Waals surface area contributed by atoms with Gasteiger partial charge in [-0.25, -0.2) is 4.79 Å². The highest BCUT2D eigenvalue weighted by atomic mass is 35.5. The number of nitrogens with zero attached hydrogens (tertiary/aromatic N) is 1. The van der Waals surface area contributed by atoms with Gasteiger partial charge in [0.25, 0.3) is 0 Å². The molecular weight excluding hydrogens is 334 g/mol. The Bertz CT molecular complexity index is 696. The van der Waals surface area contributed by atoms with E-state index in [1.165, 1.54) is 0 Å². The minimum absolute atomic E-state index is 0. The van der Waals surface area contributed by atoms with Crippen molar-refractivity contribution >= 4 is 18.4 Å². The second kappa shape index (κ2) is 5.51. The van der Waals surface area contributed by atoms with Gasteiger partial charge >= 0.3 is 5.97 Å². The van der Waals surface area contributed by atoms with Crippen LogP contribution in [-0.4, -0.2) is 54.6 Å². The number of likely N-dealkylation sites (N-methyl/N-ethyl adjacent to an activating group) is 1. The van der Waals surface area contributed by atoms with Gasteiger partial charge in [-0.15, -0.1) is 12.4 Å². The average molecular weight is 354 g/mol. The van der Waals surface area contributed by atoms with Gasteiger partial charge in [-0.2, -0.15) is 0 Å². The highest BCUT2D eigenvalue weighted by Gasteiger charge is 2.53. The summed E-state index contributed by atoms with van der Waals surface area (Å²) >= 11 is 0. The SMILES string of the molecule is CN1CC[C@@H]2C[C@H](O)[C@@H]3OC(=O)c4cc5c(cc4[C@H]3[C@@H]21)OCO5.Cl. The first-order valence-electron chi connectivity index (χ1n) is 8.16. The molecule has 4 aliphatic rings. The lowest BCUT2D eigenvalue weighted by Crippen LogP contribution is -2.54. The molecule has 0 amide bonds. The molecule has 24 heavy (non-hydrogen) atoms. The van der Waals surface area contributed by atoms with Gasteiger partial charge in [0.15, 0.2) is 11.5 Å². The molecule has 5 rings (SSSR count). The Labute approximate surface area is 146 Å². The molecule has 1 saturated heterocycles. The van der Waals surface area contributed by atoms with Gasteiger partial charge in [-0.3, -0.25) is 0 Å². The summed E-state index contributed by atoms with van der Waals surface area (Å²) in [4.78, 5) is 14.8. The van der Waals surface area contributed by atoms with Crippen molar-refractivity contribution in [1.82, 2.24) is 4.90 Å². The number of hydrogen-bond donors (Lipinski definition) is 1. The van der Waals surface area contributed by atoms with Crippen LogP contribution in [0.4, 0.5) is 0 Å². The average Bonchev–Trinajstić information content (AvgIpc) is 3.13. The van der Waals surface area contributed by atoms with E-state index in [9.17, 15) is 9.90 Å². The third-order valence-electron chi connectivity index (χ3n) is 5.86. The molecule has 5 atom stereocenters. The van der Waals surface area contributed by atoms with Crippen LogP contribution in [0.3, 0.4) is 0 Å². The summed E-state index contributed by atoms with van der Waals surface area (Å²) < 4.78 is 16.5. The molecule has 3 heterocycles. The van der Waals surface area contributed by atoms with Crippen LogP contribution in [0.5, 0.6) is 11.5 Å². The lowest BCUT2D eigenvalue weighted by Gasteiger charge is -2.47. The molecule has 0 spiro atoms. The summed E-state index contributed by atoms with van der Waals surface area (Å²) in [5, 5.41) is 10.5. The van der Waals surface area contributed by atoms with E-state index in [0.29, 0.717) is 29.4 Å². The van der Waals surface area contributed by atoms with Gasteiger partial charge in [-0.1, -0.05) is 0 Å². The van der Waals surface area contributed by atoms with Crippen LogP contribution in [0.2, 0.25) is 0 Å². The summed E-state index contributed by atoms with van der Waals surface area (Å²) in [7, 11) is 2.11. The zero-order chi connectivity index (χ0) is 15.7. The Kier molecular flexibility index (Phi) is 3.67. The van der Waals surface area contributed by atoms with Crippen LogP contribution in [-0.2, 0) is 4.74 Å². The third kappa shape index (κ3) is 2.06. The monoisotopic (exact) mass is 353 g/mol. The van der Waals surface area contributed by atoms with E-state index in [1.54, 1.807) is 6.07 Å². The zero-order valence-electron chi connectivity index (χ0n) is 13.3. The summed E-state index contributed by atoms with van der Waals surface area (Å²) in [6, 6.07) is 3.92. The molecule has 0 bridgehead atoms. The van der Waals surface area contributed by atoms with E-state index in [1.807, 2.05) is 6.07 Å². The van der Waals surface area contributed by atoms with Crippen molar-refractivity contribution in [3.05, 3.63) is 23.3 Å². The second-order valence-electron chi connectivity index (χ2n) is 7.01. The first kappa shape index (κ1) is 16.0. The Balaban J connectivity index is 0.00000146. The fourth-order valence-electron chi connectivity index (χ4n) is 4.86. The van der Waals surface area contributed by atoms with Crippen molar-refractivity contribution in [2.75, 3.05) is 20.4 Å². The normalized spacial score (nSPS) is 36.2. The lowest BCUT2D eigenvalue weighted by molar-refractivity contribution is -0.0778. The highest BCUT2D eigenvalue weighted by molar-refractivity contribution is 5.94. The molecule has 0 radical (unpaired) electrons. The first-order chi connectivity index (χ1) is 11.1. The Morgan fingerprint density at radius 1 is 1.25 bits per heavy atom. The van der Waals surface area contributed by atoms with Gasteiger partial charge in [-0.05, 0) is 50.0 Å². The number of likely N-dealkylation sites (tertiary alicyclic amines) is 1. The van der Waals surface area contributed by atoms with Gasteiger partial charge in [0.1, 0.15) is 6.10 Å². The van der Waals surface area contributed by atoms with Crippen LogP contribution in [0.25, 0.3) is 0 Å². The molecule has 7 heteroatoms. The molecular formula is C17H20ClNO5. The maximum Gasteiger partial charge on any atom is 0.338 e. The van der Waals surface area contributed by atoms with Crippen molar-refractivity contribution in [1.29, 1.82) is 0 Å². The number of benzene rings is 1. The van der Waals surface area contributed by atoms with E-state index in [-0.39, 0.29) is 37.1 Å². The highest BCUT2D eigenvalue weighted by Crippen LogP contribution is 2.50. The molecule has 3 aliphatic heterocycles. The van der Waals surface area contributed by atoms with Crippen LogP contribution in [0.15, 0.2) is 12.1 Å². The Morgan fingerprint density at radius 3 is 2.79 bits per heavy atom. The number of aliphatic hydroxyl groups excluding tert-OH is 1. The molecule has 1 N–H and O–H groups in total. The number of fused-ring (bicyclic) bond motifs is 6. The van der Waals surface area contributed by atoms with E-state index in [4.69, 9.17) is 14.2 Å². The Hall–Kier alpha value is -1.50.